The zero-order valence-electron chi connectivity index (χ0n) is 15.7. The SMILES string of the molecule is COC(=O)N1CCc2ccc(NC(=O)c3cc4cccc(OC)c4o3)cc2C1. The number of hydrogen-bond donors (Lipinski definition) is 1. The highest BCUT2D eigenvalue weighted by Gasteiger charge is 2.22. The van der Waals surface area contributed by atoms with Gasteiger partial charge >= 0.3 is 6.09 Å². The summed E-state index contributed by atoms with van der Waals surface area (Å²) in [4.78, 5) is 26.1. The number of nitrogens with one attached hydrogen (secondary N) is 1. The summed E-state index contributed by atoms with van der Waals surface area (Å²) < 4.78 is 15.8. The van der Waals surface area contributed by atoms with Gasteiger partial charge in [-0.15, -0.1) is 0 Å². The van der Waals surface area contributed by atoms with Crippen LogP contribution in [0, 0.1) is 0 Å². The van der Waals surface area contributed by atoms with Gasteiger partial charge in [0.25, 0.3) is 5.91 Å². The summed E-state index contributed by atoms with van der Waals surface area (Å²) in [5.41, 5.74) is 3.32. The Kier molecular flexibility index (Phi) is 4.65. The van der Waals surface area contributed by atoms with E-state index in [1.54, 1.807) is 24.1 Å². The number of amides is 2. The van der Waals surface area contributed by atoms with E-state index in [2.05, 4.69) is 5.32 Å². The Morgan fingerprint density at radius 1 is 1.11 bits per heavy atom. The van der Waals surface area contributed by atoms with Crippen LogP contribution >= 0.6 is 0 Å². The maximum atomic E-state index is 12.6. The Morgan fingerprint density at radius 3 is 2.75 bits per heavy atom. The first-order valence-corrected chi connectivity index (χ1v) is 8.91. The molecule has 0 saturated carbocycles. The van der Waals surface area contributed by atoms with Gasteiger partial charge in [0.15, 0.2) is 17.1 Å². The lowest BCUT2D eigenvalue weighted by Crippen LogP contribution is -2.35. The normalized spacial score (nSPS) is 13.1. The molecular formula is C21H20N2O5. The number of anilines is 1. The van der Waals surface area contributed by atoms with Gasteiger partial charge < -0.3 is 24.1 Å². The molecule has 1 aromatic heterocycles. The van der Waals surface area contributed by atoms with E-state index in [0.29, 0.717) is 30.1 Å². The molecule has 0 saturated heterocycles. The molecule has 0 fully saturated rings. The van der Waals surface area contributed by atoms with Crippen molar-refractivity contribution in [1.29, 1.82) is 0 Å². The first kappa shape index (κ1) is 17.9. The minimum atomic E-state index is -0.351. The van der Waals surface area contributed by atoms with Crippen molar-refractivity contribution >= 4 is 28.7 Å². The Balaban J connectivity index is 1.55. The van der Waals surface area contributed by atoms with Crippen molar-refractivity contribution < 1.29 is 23.5 Å². The van der Waals surface area contributed by atoms with Crippen molar-refractivity contribution in [3.05, 3.63) is 59.4 Å². The third kappa shape index (κ3) is 3.26. The molecule has 4 rings (SSSR count). The molecule has 0 unspecified atom stereocenters. The van der Waals surface area contributed by atoms with Crippen molar-refractivity contribution in [2.45, 2.75) is 13.0 Å². The Bertz CT molecular complexity index is 1060. The molecule has 7 heteroatoms. The minimum Gasteiger partial charge on any atom is -0.493 e. The largest absolute Gasteiger partial charge is 0.493 e. The molecule has 1 aliphatic heterocycles. The summed E-state index contributed by atoms with van der Waals surface area (Å²) in [6.45, 7) is 1.07. The lowest BCUT2D eigenvalue weighted by Gasteiger charge is -2.28. The number of rotatable bonds is 3. The summed E-state index contributed by atoms with van der Waals surface area (Å²) in [5.74, 6) is 0.431. The van der Waals surface area contributed by atoms with Crippen LogP contribution in [0.25, 0.3) is 11.0 Å². The molecule has 28 heavy (non-hydrogen) atoms. The van der Waals surface area contributed by atoms with E-state index in [9.17, 15) is 9.59 Å². The fourth-order valence-electron chi connectivity index (χ4n) is 3.42. The van der Waals surface area contributed by atoms with Gasteiger partial charge in [-0.05, 0) is 41.8 Å². The molecule has 1 N–H and O–H groups in total. The van der Waals surface area contributed by atoms with Gasteiger partial charge in [-0.3, -0.25) is 4.79 Å². The number of nitrogens with zero attached hydrogens (tertiary/aromatic N) is 1. The van der Waals surface area contributed by atoms with E-state index < -0.39 is 0 Å². The van der Waals surface area contributed by atoms with Crippen LogP contribution in [0.3, 0.4) is 0 Å². The van der Waals surface area contributed by atoms with Gasteiger partial charge in [-0.25, -0.2) is 4.79 Å². The highest BCUT2D eigenvalue weighted by molar-refractivity contribution is 6.05. The number of ether oxygens (including phenoxy) is 2. The number of fused-ring (bicyclic) bond motifs is 2. The first-order valence-electron chi connectivity index (χ1n) is 8.91. The highest BCUT2D eigenvalue weighted by Crippen LogP contribution is 2.29. The number of carbonyl (C=O) groups is 2. The number of furan rings is 1. The summed E-state index contributed by atoms with van der Waals surface area (Å²) in [7, 11) is 2.93. The quantitative estimate of drug-likeness (QED) is 0.747. The molecule has 0 atom stereocenters. The van der Waals surface area contributed by atoms with Gasteiger partial charge in [0.2, 0.25) is 0 Å². The lowest BCUT2D eigenvalue weighted by molar-refractivity contribution is 0.0998. The molecule has 1 aliphatic rings. The molecule has 2 heterocycles. The minimum absolute atomic E-state index is 0.202. The standard InChI is InChI=1S/C21H20N2O5/c1-26-17-5-3-4-14-11-18(28-19(14)17)20(24)22-16-7-6-13-8-9-23(21(25)27-2)12-15(13)10-16/h3-7,10-11H,8-9,12H2,1-2H3,(H,22,24). The molecule has 2 aromatic carbocycles. The number of benzene rings is 2. The summed E-state index contributed by atoms with van der Waals surface area (Å²) in [6, 6.07) is 12.9. The van der Waals surface area contributed by atoms with E-state index >= 15 is 0 Å². The predicted molar refractivity (Wildman–Crippen MR) is 104 cm³/mol. The zero-order chi connectivity index (χ0) is 19.7. The second-order valence-electron chi connectivity index (χ2n) is 6.57. The number of carbonyl (C=O) groups excluding carboxylic acids is 2. The summed E-state index contributed by atoms with van der Waals surface area (Å²) >= 11 is 0. The average molecular weight is 380 g/mol. The molecule has 144 valence electrons. The second kappa shape index (κ2) is 7.26. The molecule has 0 spiro atoms. The maximum absolute atomic E-state index is 12.6. The van der Waals surface area contributed by atoms with Crippen LogP contribution in [0.15, 0.2) is 46.9 Å². The summed E-state index contributed by atoms with van der Waals surface area (Å²) in [5, 5.41) is 3.65. The first-order chi connectivity index (χ1) is 13.6. The zero-order valence-corrected chi connectivity index (χ0v) is 15.7. The lowest BCUT2D eigenvalue weighted by atomic mass is 9.99. The molecule has 0 aliphatic carbocycles. The van der Waals surface area contributed by atoms with E-state index in [1.165, 1.54) is 7.11 Å². The van der Waals surface area contributed by atoms with E-state index in [4.69, 9.17) is 13.9 Å². The summed E-state index contributed by atoms with van der Waals surface area (Å²) in [6.07, 6.45) is 0.401. The average Bonchev–Trinajstić information content (AvgIpc) is 3.17. The molecule has 2 amide bonds. The van der Waals surface area contributed by atoms with Crippen LogP contribution in [-0.4, -0.2) is 37.7 Å². The van der Waals surface area contributed by atoms with Crippen molar-refractivity contribution in [2.24, 2.45) is 0 Å². The van der Waals surface area contributed by atoms with E-state index in [0.717, 1.165) is 22.9 Å². The highest BCUT2D eigenvalue weighted by atomic mass is 16.5. The van der Waals surface area contributed by atoms with Crippen LogP contribution < -0.4 is 10.1 Å². The Labute approximate surface area is 161 Å². The van der Waals surface area contributed by atoms with Gasteiger partial charge in [0.05, 0.1) is 14.2 Å². The predicted octanol–water partition coefficient (Wildman–Crippen LogP) is 3.82. The van der Waals surface area contributed by atoms with E-state index in [-0.39, 0.29) is 17.8 Å². The van der Waals surface area contributed by atoms with Crippen LogP contribution in [0.5, 0.6) is 5.75 Å². The van der Waals surface area contributed by atoms with Gasteiger partial charge in [0.1, 0.15) is 0 Å². The fraction of sp³-hybridized carbons (Fsp3) is 0.238. The van der Waals surface area contributed by atoms with Gasteiger partial charge in [-0.1, -0.05) is 18.2 Å². The fourth-order valence-corrected chi connectivity index (χ4v) is 3.42. The number of para-hydroxylation sites is 1. The smallest absolute Gasteiger partial charge is 0.409 e. The van der Waals surface area contributed by atoms with Crippen LogP contribution in [0.1, 0.15) is 21.7 Å². The molecular weight excluding hydrogens is 360 g/mol. The van der Waals surface area contributed by atoms with E-state index in [1.807, 2.05) is 30.3 Å². The molecule has 0 radical (unpaired) electrons. The number of hydrogen-bond acceptors (Lipinski definition) is 5. The van der Waals surface area contributed by atoms with Crippen LogP contribution in [-0.2, 0) is 17.7 Å². The van der Waals surface area contributed by atoms with Gasteiger partial charge in [0, 0.05) is 24.2 Å². The van der Waals surface area contributed by atoms with Crippen molar-refractivity contribution in [1.82, 2.24) is 4.90 Å². The third-order valence-corrected chi connectivity index (χ3v) is 4.86. The van der Waals surface area contributed by atoms with Crippen LogP contribution in [0.4, 0.5) is 10.5 Å². The Morgan fingerprint density at radius 2 is 1.96 bits per heavy atom. The van der Waals surface area contributed by atoms with Crippen molar-refractivity contribution in [3.63, 3.8) is 0 Å². The maximum Gasteiger partial charge on any atom is 0.409 e. The Hall–Kier alpha value is -3.48. The molecule has 7 nitrogen and oxygen atoms in total. The monoisotopic (exact) mass is 380 g/mol. The number of methoxy groups -OCH3 is 2. The van der Waals surface area contributed by atoms with Crippen molar-refractivity contribution in [2.75, 3.05) is 26.1 Å². The second-order valence-corrected chi connectivity index (χ2v) is 6.57. The molecule has 0 bridgehead atoms. The third-order valence-electron chi connectivity index (χ3n) is 4.86. The van der Waals surface area contributed by atoms with Crippen LogP contribution in [0.2, 0.25) is 0 Å². The molecule has 3 aromatic rings. The van der Waals surface area contributed by atoms with Crippen molar-refractivity contribution in [3.8, 4) is 5.75 Å². The topological polar surface area (TPSA) is 81.0 Å². The van der Waals surface area contributed by atoms with Gasteiger partial charge in [-0.2, -0.15) is 0 Å².